The second-order valence-corrected chi connectivity index (χ2v) is 8.47. The summed E-state index contributed by atoms with van der Waals surface area (Å²) in [6.07, 6.45) is 29.0. The lowest BCUT2D eigenvalue weighted by Gasteiger charge is -2.12. The molecule has 3 heteroatoms. The first kappa shape index (κ1) is 28.6. The van der Waals surface area contributed by atoms with Gasteiger partial charge in [0.15, 0.2) is 0 Å². The van der Waals surface area contributed by atoms with Gasteiger partial charge in [0.05, 0.1) is 13.2 Å². The lowest BCUT2D eigenvalue weighted by Crippen LogP contribution is -2.22. The van der Waals surface area contributed by atoms with Gasteiger partial charge in [0.1, 0.15) is 6.10 Å². The zero-order valence-electron chi connectivity index (χ0n) is 19.8. The standard InChI is InChI=1S/C26H52O3/c1-3-4-5-6-7-8-9-10-11-12-13-14-15-16-17-18-19-20-21-22-23-29-25-26(24-27)28-2/h10-11,26-27H,3-9,12-25H2,1-2H3/b11-10-. The second kappa shape index (κ2) is 25.7. The Kier molecular flexibility index (Phi) is 25.3. The Morgan fingerprint density at radius 1 is 0.655 bits per heavy atom. The molecule has 0 saturated heterocycles. The van der Waals surface area contributed by atoms with Crippen molar-refractivity contribution in [1.82, 2.24) is 0 Å². The summed E-state index contributed by atoms with van der Waals surface area (Å²) in [6, 6.07) is 0. The molecule has 0 rings (SSSR count). The summed E-state index contributed by atoms with van der Waals surface area (Å²) in [4.78, 5) is 0. The van der Waals surface area contributed by atoms with E-state index in [-0.39, 0.29) is 12.7 Å². The molecule has 0 aromatic carbocycles. The van der Waals surface area contributed by atoms with E-state index in [2.05, 4.69) is 19.1 Å². The fourth-order valence-electron chi connectivity index (χ4n) is 3.57. The Hall–Kier alpha value is -0.380. The molecule has 0 amide bonds. The third-order valence-electron chi connectivity index (χ3n) is 5.64. The van der Waals surface area contributed by atoms with Gasteiger partial charge in [0.25, 0.3) is 0 Å². The highest BCUT2D eigenvalue weighted by molar-refractivity contribution is 4.81. The first-order valence-corrected chi connectivity index (χ1v) is 12.7. The van der Waals surface area contributed by atoms with E-state index in [1.165, 1.54) is 109 Å². The zero-order valence-corrected chi connectivity index (χ0v) is 19.8. The molecule has 0 fully saturated rings. The van der Waals surface area contributed by atoms with E-state index in [1.54, 1.807) is 7.11 Å². The van der Waals surface area contributed by atoms with Crippen molar-refractivity contribution in [2.75, 3.05) is 26.9 Å². The number of hydrogen-bond acceptors (Lipinski definition) is 3. The van der Waals surface area contributed by atoms with Gasteiger partial charge < -0.3 is 14.6 Å². The Bertz CT molecular complexity index is 313. The summed E-state index contributed by atoms with van der Waals surface area (Å²) in [7, 11) is 1.61. The molecule has 0 bridgehead atoms. The molecular weight excluding hydrogens is 360 g/mol. The maximum atomic E-state index is 8.99. The molecular formula is C26H52O3. The lowest BCUT2D eigenvalue weighted by atomic mass is 10.1. The van der Waals surface area contributed by atoms with Crippen molar-refractivity contribution in [2.45, 2.75) is 129 Å². The number of methoxy groups -OCH3 is 1. The molecule has 0 spiro atoms. The zero-order chi connectivity index (χ0) is 21.3. The average Bonchev–Trinajstić information content (AvgIpc) is 2.74. The van der Waals surface area contributed by atoms with E-state index in [0.717, 1.165) is 13.0 Å². The van der Waals surface area contributed by atoms with Gasteiger partial charge in [-0.2, -0.15) is 0 Å². The number of hydrogen-bond donors (Lipinski definition) is 1. The quantitative estimate of drug-likeness (QED) is 0.131. The van der Waals surface area contributed by atoms with Crippen LogP contribution in [-0.2, 0) is 9.47 Å². The van der Waals surface area contributed by atoms with Gasteiger partial charge in [-0.25, -0.2) is 0 Å². The largest absolute Gasteiger partial charge is 0.394 e. The normalized spacial score (nSPS) is 12.8. The van der Waals surface area contributed by atoms with Crippen molar-refractivity contribution in [2.24, 2.45) is 0 Å². The van der Waals surface area contributed by atoms with Crippen LogP contribution in [0.1, 0.15) is 122 Å². The summed E-state index contributed by atoms with van der Waals surface area (Å²) in [5.41, 5.74) is 0. The van der Waals surface area contributed by atoms with Gasteiger partial charge in [0.2, 0.25) is 0 Å². The molecule has 0 radical (unpaired) electrons. The highest BCUT2D eigenvalue weighted by atomic mass is 16.5. The van der Waals surface area contributed by atoms with Crippen LogP contribution in [0.2, 0.25) is 0 Å². The summed E-state index contributed by atoms with van der Waals surface area (Å²) >= 11 is 0. The molecule has 0 aliphatic rings. The molecule has 174 valence electrons. The van der Waals surface area contributed by atoms with Crippen LogP contribution in [0.15, 0.2) is 12.2 Å². The molecule has 0 aromatic rings. The first-order valence-electron chi connectivity index (χ1n) is 12.7. The SMILES string of the molecule is CCCCCCCC/C=C\CCCCCCCCCCCCOCC(CO)OC. The number of rotatable bonds is 24. The third-order valence-corrected chi connectivity index (χ3v) is 5.64. The van der Waals surface area contributed by atoms with Crippen molar-refractivity contribution in [1.29, 1.82) is 0 Å². The fraction of sp³-hybridized carbons (Fsp3) is 0.923. The highest BCUT2D eigenvalue weighted by Gasteiger charge is 2.04. The highest BCUT2D eigenvalue weighted by Crippen LogP contribution is 2.12. The summed E-state index contributed by atoms with van der Waals surface area (Å²) in [5.74, 6) is 0. The number of allylic oxidation sites excluding steroid dienone is 2. The van der Waals surface area contributed by atoms with E-state index in [0.29, 0.717) is 6.61 Å². The number of aliphatic hydroxyl groups is 1. The molecule has 0 aromatic heterocycles. The van der Waals surface area contributed by atoms with Crippen molar-refractivity contribution >= 4 is 0 Å². The van der Waals surface area contributed by atoms with Crippen LogP contribution in [0, 0.1) is 0 Å². The van der Waals surface area contributed by atoms with Crippen molar-refractivity contribution in [3.8, 4) is 0 Å². The van der Waals surface area contributed by atoms with Gasteiger partial charge >= 0.3 is 0 Å². The summed E-state index contributed by atoms with van der Waals surface area (Å²) < 4.78 is 10.6. The van der Waals surface area contributed by atoms with Gasteiger partial charge in [-0.05, 0) is 32.1 Å². The van der Waals surface area contributed by atoms with Crippen LogP contribution in [0.4, 0.5) is 0 Å². The Morgan fingerprint density at radius 2 is 1.10 bits per heavy atom. The van der Waals surface area contributed by atoms with Crippen LogP contribution < -0.4 is 0 Å². The van der Waals surface area contributed by atoms with E-state index < -0.39 is 0 Å². The smallest absolute Gasteiger partial charge is 0.103 e. The molecule has 0 saturated carbocycles. The minimum absolute atomic E-state index is 0.0342. The molecule has 1 atom stereocenters. The van der Waals surface area contributed by atoms with Crippen molar-refractivity contribution in [3.63, 3.8) is 0 Å². The number of aliphatic hydroxyl groups excluding tert-OH is 1. The van der Waals surface area contributed by atoms with Crippen LogP contribution >= 0.6 is 0 Å². The first-order chi connectivity index (χ1) is 14.3. The van der Waals surface area contributed by atoms with Crippen LogP contribution in [-0.4, -0.2) is 38.1 Å². The lowest BCUT2D eigenvalue weighted by molar-refractivity contribution is -0.0205. The Morgan fingerprint density at radius 3 is 1.55 bits per heavy atom. The second-order valence-electron chi connectivity index (χ2n) is 8.47. The van der Waals surface area contributed by atoms with E-state index in [1.807, 2.05) is 0 Å². The van der Waals surface area contributed by atoms with Crippen molar-refractivity contribution < 1.29 is 14.6 Å². The average molecular weight is 413 g/mol. The van der Waals surface area contributed by atoms with Gasteiger partial charge in [-0.3, -0.25) is 0 Å². The van der Waals surface area contributed by atoms with Gasteiger partial charge in [0, 0.05) is 13.7 Å². The fourth-order valence-corrected chi connectivity index (χ4v) is 3.57. The Labute approximate surface area is 182 Å². The number of ether oxygens (including phenoxy) is 2. The molecule has 0 heterocycles. The van der Waals surface area contributed by atoms with Crippen LogP contribution in [0.3, 0.4) is 0 Å². The molecule has 1 unspecified atom stereocenters. The van der Waals surface area contributed by atoms with Crippen LogP contribution in [0.25, 0.3) is 0 Å². The predicted molar refractivity (Wildman–Crippen MR) is 127 cm³/mol. The minimum atomic E-state index is -0.170. The maximum Gasteiger partial charge on any atom is 0.103 e. The van der Waals surface area contributed by atoms with E-state index >= 15 is 0 Å². The van der Waals surface area contributed by atoms with Crippen molar-refractivity contribution in [3.05, 3.63) is 12.2 Å². The minimum Gasteiger partial charge on any atom is -0.394 e. The monoisotopic (exact) mass is 412 g/mol. The third kappa shape index (κ3) is 23.8. The van der Waals surface area contributed by atoms with Gasteiger partial charge in [-0.1, -0.05) is 103 Å². The van der Waals surface area contributed by atoms with E-state index in [4.69, 9.17) is 14.6 Å². The maximum absolute atomic E-state index is 8.99. The van der Waals surface area contributed by atoms with Gasteiger partial charge in [-0.15, -0.1) is 0 Å². The summed E-state index contributed by atoms with van der Waals surface area (Å²) in [5, 5.41) is 8.99. The molecule has 3 nitrogen and oxygen atoms in total. The van der Waals surface area contributed by atoms with Crippen LogP contribution in [0.5, 0.6) is 0 Å². The van der Waals surface area contributed by atoms with E-state index in [9.17, 15) is 0 Å². The predicted octanol–water partition coefficient (Wildman–Crippen LogP) is 7.61. The molecule has 0 aliphatic carbocycles. The topological polar surface area (TPSA) is 38.7 Å². The Balaban J connectivity index is 3.10. The molecule has 29 heavy (non-hydrogen) atoms. The molecule has 1 N–H and O–H groups in total. The number of unbranched alkanes of at least 4 members (excludes halogenated alkanes) is 16. The summed E-state index contributed by atoms with van der Waals surface area (Å²) in [6.45, 7) is 3.60. The molecule has 0 aliphatic heterocycles.